The fourth-order valence-corrected chi connectivity index (χ4v) is 3.04. The fourth-order valence-electron chi connectivity index (χ4n) is 3.04. The number of benzene rings is 2. The molecule has 0 fully saturated rings. The third-order valence-electron chi connectivity index (χ3n) is 4.82. The van der Waals surface area contributed by atoms with Crippen LogP contribution >= 0.6 is 0 Å². The van der Waals surface area contributed by atoms with Crippen LogP contribution in [-0.2, 0) is 12.8 Å². The van der Waals surface area contributed by atoms with Gasteiger partial charge in [-0.3, -0.25) is 4.98 Å². The van der Waals surface area contributed by atoms with E-state index in [-0.39, 0.29) is 0 Å². The predicted octanol–water partition coefficient (Wildman–Crippen LogP) is 5.29. The summed E-state index contributed by atoms with van der Waals surface area (Å²) in [5.41, 5.74) is 5.20. The SMILES string of the molecule is CCc1ccc(CCOc2ccc(-c3nnc(-c4ccccc4C)o3)cc2)nc1. The van der Waals surface area contributed by atoms with Gasteiger partial charge in [-0.1, -0.05) is 31.2 Å². The molecule has 0 saturated carbocycles. The summed E-state index contributed by atoms with van der Waals surface area (Å²) in [6.07, 6.45) is 3.71. The lowest BCUT2D eigenvalue weighted by Crippen LogP contribution is -2.03. The number of hydrogen-bond acceptors (Lipinski definition) is 5. The third kappa shape index (κ3) is 4.51. The minimum Gasteiger partial charge on any atom is -0.493 e. The number of pyridine rings is 1. The van der Waals surface area contributed by atoms with Gasteiger partial charge in [0.15, 0.2) is 0 Å². The van der Waals surface area contributed by atoms with Gasteiger partial charge in [0.1, 0.15) is 5.75 Å². The van der Waals surface area contributed by atoms with Gasteiger partial charge in [-0.25, -0.2) is 0 Å². The zero-order valence-electron chi connectivity index (χ0n) is 16.6. The lowest BCUT2D eigenvalue weighted by Gasteiger charge is -2.06. The zero-order chi connectivity index (χ0) is 20.1. The van der Waals surface area contributed by atoms with Crippen LogP contribution in [0.1, 0.15) is 23.7 Å². The topological polar surface area (TPSA) is 61.0 Å². The van der Waals surface area contributed by atoms with Crippen molar-refractivity contribution in [3.63, 3.8) is 0 Å². The zero-order valence-corrected chi connectivity index (χ0v) is 16.6. The maximum absolute atomic E-state index is 5.86. The molecule has 4 aromatic rings. The van der Waals surface area contributed by atoms with Crippen molar-refractivity contribution in [1.29, 1.82) is 0 Å². The van der Waals surface area contributed by atoms with Crippen LogP contribution in [0.15, 0.2) is 71.3 Å². The average Bonchev–Trinajstić information content (AvgIpc) is 3.25. The van der Waals surface area contributed by atoms with E-state index in [4.69, 9.17) is 9.15 Å². The Morgan fingerprint density at radius 1 is 0.897 bits per heavy atom. The lowest BCUT2D eigenvalue weighted by atomic mass is 10.1. The van der Waals surface area contributed by atoms with Gasteiger partial charge < -0.3 is 9.15 Å². The van der Waals surface area contributed by atoms with Crippen molar-refractivity contribution in [2.45, 2.75) is 26.7 Å². The smallest absolute Gasteiger partial charge is 0.248 e. The summed E-state index contributed by atoms with van der Waals surface area (Å²) in [6.45, 7) is 4.73. The van der Waals surface area contributed by atoms with E-state index in [0.717, 1.165) is 41.0 Å². The second kappa shape index (κ2) is 8.69. The Labute approximate surface area is 170 Å². The van der Waals surface area contributed by atoms with Gasteiger partial charge in [-0.15, -0.1) is 10.2 Å². The van der Waals surface area contributed by atoms with Crippen molar-refractivity contribution in [2.75, 3.05) is 6.61 Å². The minimum atomic E-state index is 0.495. The highest BCUT2D eigenvalue weighted by molar-refractivity contribution is 5.61. The van der Waals surface area contributed by atoms with Crippen LogP contribution in [0.5, 0.6) is 5.75 Å². The second-order valence-corrected chi connectivity index (χ2v) is 6.86. The molecule has 4 rings (SSSR count). The van der Waals surface area contributed by atoms with E-state index in [1.807, 2.05) is 61.7 Å². The maximum Gasteiger partial charge on any atom is 0.248 e. The summed E-state index contributed by atoms with van der Waals surface area (Å²) in [5, 5.41) is 8.37. The van der Waals surface area contributed by atoms with E-state index >= 15 is 0 Å². The predicted molar refractivity (Wildman–Crippen MR) is 113 cm³/mol. The van der Waals surface area contributed by atoms with E-state index in [1.165, 1.54) is 5.56 Å². The van der Waals surface area contributed by atoms with E-state index in [1.54, 1.807) is 0 Å². The van der Waals surface area contributed by atoms with Gasteiger partial charge in [0.05, 0.1) is 6.61 Å². The molecule has 2 aromatic carbocycles. The third-order valence-corrected chi connectivity index (χ3v) is 4.82. The summed E-state index contributed by atoms with van der Waals surface area (Å²) in [6, 6.07) is 19.8. The van der Waals surface area contributed by atoms with Crippen molar-refractivity contribution < 1.29 is 9.15 Å². The molecule has 0 aliphatic heterocycles. The van der Waals surface area contributed by atoms with Crippen molar-refractivity contribution in [3.05, 3.63) is 83.7 Å². The Morgan fingerprint density at radius 3 is 2.41 bits per heavy atom. The van der Waals surface area contributed by atoms with Crippen molar-refractivity contribution in [1.82, 2.24) is 15.2 Å². The highest BCUT2D eigenvalue weighted by atomic mass is 16.5. The molecule has 5 heteroatoms. The van der Waals surface area contributed by atoms with Gasteiger partial charge in [-0.2, -0.15) is 0 Å². The number of nitrogens with zero attached hydrogens (tertiary/aromatic N) is 3. The van der Waals surface area contributed by atoms with E-state index in [9.17, 15) is 0 Å². The summed E-state index contributed by atoms with van der Waals surface area (Å²) in [5.74, 6) is 1.83. The first-order valence-corrected chi connectivity index (χ1v) is 9.79. The van der Waals surface area contributed by atoms with E-state index in [0.29, 0.717) is 18.4 Å². The molecule has 0 spiro atoms. The molecule has 0 aliphatic rings. The molecule has 0 aliphatic carbocycles. The largest absolute Gasteiger partial charge is 0.493 e. The Bertz CT molecular complexity index is 1070. The molecule has 0 bridgehead atoms. The van der Waals surface area contributed by atoms with Gasteiger partial charge in [0.2, 0.25) is 11.8 Å². The van der Waals surface area contributed by atoms with Gasteiger partial charge >= 0.3 is 0 Å². The number of hydrogen-bond donors (Lipinski definition) is 0. The fraction of sp³-hybridized carbons (Fsp3) is 0.208. The second-order valence-electron chi connectivity index (χ2n) is 6.86. The summed E-state index contributed by atoms with van der Waals surface area (Å²) < 4.78 is 11.7. The molecule has 0 N–H and O–H groups in total. The number of aromatic nitrogens is 3. The van der Waals surface area contributed by atoms with Gasteiger partial charge in [0, 0.05) is 29.4 Å². The molecule has 0 unspecified atom stereocenters. The molecular weight excluding hydrogens is 362 g/mol. The number of ether oxygens (including phenoxy) is 1. The van der Waals surface area contributed by atoms with Crippen LogP contribution in [0.25, 0.3) is 22.9 Å². The highest BCUT2D eigenvalue weighted by Crippen LogP contribution is 2.27. The molecule has 0 saturated heterocycles. The normalized spacial score (nSPS) is 10.8. The van der Waals surface area contributed by atoms with Crippen molar-refractivity contribution in [3.8, 4) is 28.7 Å². The lowest BCUT2D eigenvalue weighted by molar-refractivity contribution is 0.320. The van der Waals surface area contributed by atoms with Crippen LogP contribution in [0.3, 0.4) is 0 Å². The molecule has 0 amide bonds. The standard InChI is InChI=1S/C24H23N3O2/c1-3-18-8-11-20(25-16-18)14-15-28-21-12-9-19(10-13-21)23-26-27-24(29-23)22-7-5-4-6-17(22)2/h4-13,16H,3,14-15H2,1-2H3. The molecular formula is C24H23N3O2. The Hall–Kier alpha value is -3.47. The van der Waals surface area contributed by atoms with Gasteiger partial charge in [0.25, 0.3) is 0 Å². The first-order valence-electron chi connectivity index (χ1n) is 9.79. The van der Waals surface area contributed by atoms with Gasteiger partial charge in [-0.05, 0) is 60.9 Å². The molecule has 29 heavy (non-hydrogen) atoms. The number of rotatable bonds is 7. The first-order chi connectivity index (χ1) is 14.2. The van der Waals surface area contributed by atoms with E-state index in [2.05, 4.69) is 34.2 Å². The minimum absolute atomic E-state index is 0.495. The van der Waals surface area contributed by atoms with E-state index < -0.39 is 0 Å². The molecule has 5 nitrogen and oxygen atoms in total. The molecule has 0 atom stereocenters. The monoisotopic (exact) mass is 385 g/mol. The molecule has 0 radical (unpaired) electrons. The number of aryl methyl sites for hydroxylation is 2. The summed E-state index contributed by atoms with van der Waals surface area (Å²) in [4.78, 5) is 4.46. The Morgan fingerprint density at radius 2 is 1.69 bits per heavy atom. The summed E-state index contributed by atoms with van der Waals surface area (Å²) in [7, 11) is 0. The van der Waals surface area contributed by atoms with Crippen molar-refractivity contribution >= 4 is 0 Å². The Balaban J connectivity index is 1.37. The molecule has 2 aromatic heterocycles. The van der Waals surface area contributed by atoms with Crippen LogP contribution in [0.4, 0.5) is 0 Å². The quantitative estimate of drug-likeness (QED) is 0.432. The average molecular weight is 385 g/mol. The Kier molecular flexibility index (Phi) is 5.66. The van der Waals surface area contributed by atoms with Crippen molar-refractivity contribution in [2.24, 2.45) is 0 Å². The summed E-state index contributed by atoms with van der Waals surface area (Å²) >= 11 is 0. The first kappa shape index (κ1) is 18.9. The molecule has 146 valence electrons. The highest BCUT2D eigenvalue weighted by Gasteiger charge is 2.12. The van der Waals surface area contributed by atoms with Crippen LogP contribution in [0, 0.1) is 6.92 Å². The maximum atomic E-state index is 5.86. The van der Waals surface area contributed by atoms with Crippen LogP contribution < -0.4 is 4.74 Å². The van der Waals surface area contributed by atoms with Crippen LogP contribution in [-0.4, -0.2) is 21.8 Å². The van der Waals surface area contributed by atoms with Crippen LogP contribution in [0.2, 0.25) is 0 Å². The molecule has 2 heterocycles.